The predicted molar refractivity (Wildman–Crippen MR) is 121 cm³/mol. The van der Waals surface area contributed by atoms with Gasteiger partial charge in [0, 0.05) is 31.9 Å². The molecule has 0 unspecified atom stereocenters. The number of anilines is 2. The van der Waals surface area contributed by atoms with Gasteiger partial charge in [-0.2, -0.15) is 0 Å². The van der Waals surface area contributed by atoms with Crippen molar-refractivity contribution in [2.24, 2.45) is 0 Å². The van der Waals surface area contributed by atoms with Crippen molar-refractivity contribution >= 4 is 40.6 Å². The summed E-state index contributed by atoms with van der Waals surface area (Å²) in [6, 6.07) is 15.2. The Kier molecular flexibility index (Phi) is 6.95. The van der Waals surface area contributed by atoms with Gasteiger partial charge in [-0.05, 0) is 24.3 Å². The van der Waals surface area contributed by atoms with Crippen LogP contribution in [0.1, 0.15) is 0 Å². The molecular weight excluding hydrogens is 406 g/mol. The summed E-state index contributed by atoms with van der Waals surface area (Å²) >= 11 is 7.42. The Morgan fingerprint density at radius 3 is 2.76 bits per heavy atom. The van der Waals surface area contributed by atoms with Crippen LogP contribution in [0.2, 0.25) is 5.02 Å². The van der Waals surface area contributed by atoms with Crippen LogP contribution >= 0.6 is 23.4 Å². The molecule has 0 atom stereocenters. The van der Waals surface area contributed by atoms with Crippen LogP contribution in [0, 0.1) is 0 Å². The van der Waals surface area contributed by atoms with Crippen molar-refractivity contribution in [2.75, 3.05) is 30.1 Å². The largest absolute Gasteiger partial charge is 0.378 e. The number of hydrogen-bond acceptors (Lipinski definition) is 5. The summed E-state index contributed by atoms with van der Waals surface area (Å²) in [6.07, 6.45) is 1.79. The maximum atomic E-state index is 12.3. The Bertz CT molecular complexity index is 1020. The zero-order chi connectivity index (χ0) is 20.8. The molecule has 0 spiro atoms. The van der Waals surface area contributed by atoms with Crippen LogP contribution < -0.4 is 10.2 Å². The standard InChI is InChI=1S/C21H22ClN5OS/c1-4-12-27-20(15-8-7-9-16(13-15)26(2)3)24-25-21(27)29-14-19(28)23-18-11-6-5-10-17(18)22/h4-11,13H,1,12,14H2,2-3H3,(H,23,28). The molecule has 1 amide bonds. The SMILES string of the molecule is C=CCn1c(SCC(=O)Nc2ccccc2Cl)nnc1-c1cccc(N(C)C)c1. The van der Waals surface area contributed by atoms with Gasteiger partial charge in [-0.15, -0.1) is 16.8 Å². The number of para-hydroxylation sites is 1. The van der Waals surface area contributed by atoms with E-state index in [0.717, 1.165) is 17.1 Å². The lowest BCUT2D eigenvalue weighted by molar-refractivity contribution is -0.113. The number of carbonyl (C=O) groups excluding carboxylic acids is 1. The van der Waals surface area contributed by atoms with Gasteiger partial charge in [-0.3, -0.25) is 9.36 Å². The first-order valence-corrected chi connectivity index (χ1v) is 10.3. The van der Waals surface area contributed by atoms with Crippen molar-refractivity contribution in [3.63, 3.8) is 0 Å². The van der Waals surface area contributed by atoms with Gasteiger partial charge in [0.1, 0.15) is 0 Å². The van der Waals surface area contributed by atoms with E-state index in [2.05, 4.69) is 28.2 Å². The minimum Gasteiger partial charge on any atom is -0.378 e. The van der Waals surface area contributed by atoms with Gasteiger partial charge in [0.25, 0.3) is 0 Å². The number of rotatable bonds is 8. The number of amides is 1. The Morgan fingerprint density at radius 2 is 2.03 bits per heavy atom. The number of hydrogen-bond donors (Lipinski definition) is 1. The summed E-state index contributed by atoms with van der Waals surface area (Å²) in [6.45, 7) is 4.37. The van der Waals surface area contributed by atoms with Gasteiger partial charge in [0.15, 0.2) is 11.0 Å². The normalized spacial score (nSPS) is 10.6. The van der Waals surface area contributed by atoms with Gasteiger partial charge >= 0.3 is 0 Å². The van der Waals surface area contributed by atoms with E-state index in [1.54, 1.807) is 18.2 Å². The highest BCUT2D eigenvalue weighted by atomic mass is 35.5. The monoisotopic (exact) mass is 427 g/mol. The van der Waals surface area contributed by atoms with Crippen LogP contribution in [0.15, 0.2) is 66.3 Å². The summed E-state index contributed by atoms with van der Waals surface area (Å²) in [5.41, 5.74) is 2.62. The molecule has 29 heavy (non-hydrogen) atoms. The molecule has 8 heteroatoms. The molecule has 1 aromatic heterocycles. The second kappa shape index (κ2) is 9.62. The molecule has 3 aromatic rings. The second-order valence-electron chi connectivity index (χ2n) is 6.47. The van der Waals surface area contributed by atoms with E-state index in [0.29, 0.717) is 22.4 Å². The average molecular weight is 428 g/mol. The van der Waals surface area contributed by atoms with Crippen LogP contribution in [0.4, 0.5) is 11.4 Å². The first-order valence-electron chi connectivity index (χ1n) is 8.98. The quantitative estimate of drug-likeness (QED) is 0.421. The molecule has 0 radical (unpaired) electrons. The van der Waals surface area contributed by atoms with Crippen molar-refractivity contribution in [3.8, 4) is 11.4 Å². The summed E-state index contributed by atoms with van der Waals surface area (Å²) in [7, 11) is 3.99. The van der Waals surface area contributed by atoms with Gasteiger partial charge < -0.3 is 10.2 Å². The van der Waals surface area contributed by atoms with Crippen molar-refractivity contribution in [3.05, 3.63) is 66.2 Å². The summed E-state index contributed by atoms with van der Waals surface area (Å²) in [4.78, 5) is 14.4. The summed E-state index contributed by atoms with van der Waals surface area (Å²) in [5, 5.41) is 12.6. The lowest BCUT2D eigenvalue weighted by Crippen LogP contribution is -2.15. The number of halogens is 1. The van der Waals surface area contributed by atoms with Crippen LogP contribution in [0.5, 0.6) is 0 Å². The van der Waals surface area contributed by atoms with Crippen LogP contribution in [-0.4, -0.2) is 40.5 Å². The Balaban J connectivity index is 1.76. The Hall–Kier alpha value is -2.77. The molecule has 0 fully saturated rings. The fraction of sp³-hybridized carbons (Fsp3) is 0.190. The second-order valence-corrected chi connectivity index (χ2v) is 7.82. The van der Waals surface area contributed by atoms with Crippen LogP contribution in [0.3, 0.4) is 0 Å². The Labute approximate surface area is 179 Å². The molecule has 0 aliphatic heterocycles. The smallest absolute Gasteiger partial charge is 0.234 e. The highest BCUT2D eigenvalue weighted by Gasteiger charge is 2.16. The third-order valence-electron chi connectivity index (χ3n) is 4.13. The molecule has 0 saturated carbocycles. The van der Waals surface area contributed by atoms with Crippen molar-refractivity contribution < 1.29 is 4.79 Å². The molecule has 6 nitrogen and oxygen atoms in total. The van der Waals surface area contributed by atoms with E-state index in [1.807, 2.05) is 53.9 Å². The van der Waals surface area contributed by atoms with Gasteiger partial charge in [0.2, 0.25) is 5.91 Å². The van der Waals surface area contributed by atoms with E-state index < -0.39 is 0 Å². The molecular formula is C21H22ClN5OS. The van der Waals surface area contributed by atoms with Crippen molar-refractivity contribution in [2.45, 2.75) is 11.7 Å². The molecule has 150 valence electrons. The van der Waals surface area contributed by atoms with E-state index in [1.165, 1.54) is 11.8 Å². The zero-order valence-corrected chi connectivity index (χ0v) is 17.9. The maximum absolute atomic E-state index is 12.3. The summed E-state index contributed by atoms with van der Waals surface area (Å²) in [5.74, 6) is 0.771. The molecule has 0 saturated heterocycles. The van der Waals surface area contributed by atoms with Crippen molar-refractivity contribution in [1.29, 1.82) is 0 Å². The van der Waals surface area contributed by atoms with Crippen LogP contribution in [0.25, 0.3) is 11.4 Å². The topological polar surface area (TPSA) is 63.1 Å². The summed E-state index contributed by atoms with van der Waals surface area (Å²) < 4.78 is 1.95. The molecule has 0 aliphatic carbocycles. The lowest BCUT2D eigenvalue weighted by Gasteiger charge is -2.14. The number of benzene rings is 2. The minimum atomic E-state index is -0.160. The van der Waals surface area contributed by atoms with E-state index in [9.17, 15) is 4.79 Å². The van der Waals surface area contributed by atoms with Gasteiger partial charge in [-0.25, -0.2) is 0 Å². The van der Waals surface area contributed by atoms with Gasteiger partial charge in [-0.1, -0.05) is 53.7 Å². The molecule has 2 aromatic carbocycles. The number of aromatic nitrogens is 3. The minimum absolute atomic E-state index is 0.160. The molecule has 0 bridgehead atoms. The number of allylic oxidation sites excluding steroid dienone is 1. The molecule has 1 N–H and O–H groups in total. The highest BCUT2D eigenvalue weighted by molar-refractivity contribution is 7.99. The molecule has 0 aliphatic rings. The van der Waals surface area contributed by atoms with E-state index >= 15 is 0 Å². The third-order valence-corrected chi connectivity index (χ3v) is 5.43. The lowest BCUT2D eigenvalue weighted by atomic mass is 10.2. The van der Waals surface area contributed by atoms with Crippen LogP contribution in [-0.2, 0) is 11.3 Å². The average Bonchev–Trinajstić information content (AvgIpc) is 3.11. The maximum Gasteiger partial charge on any atom is 0.234 e. The Morgan fingerprint density at radius 1 is 1.24 bits per heavy atom. The fourth-order valence-corrected chi connectivity index (χ4v) is 3.64. The van der Waals surface area contributed by atoms with E-state index in [-0.39, 0.29) is 11.7 Å². The zero-order valence-electron chi connectivity index (χ0n) is 16.3. The number of nitrogens with zero attached hydrogens (tertiary/aromatic N) is 4. The molecule has 1 heterocycles. The number of carbonyl (C=O) groups is 1. The predicted octanol–water partition coefficient (Wildman–Crippen LogP) is 4.58. The number of thioether (sulfide) groups is 1. The first kappa shape index (κ1) is 21.0. The van der Waals surface area contributed by atoms with E-state index in [4.69, 9.17) is 11.6 Å². The fourth-order valence-electron chi connectivity index (χ4n) is 2.70. The molecule has 3 rings (SSSR count). The third kappa shape index (κ3) is 5.19. The first-order chi connectivity index (χ1) is 14.0. The van der Waals surface area contributed by atoms with Crippen molar-refractivity contribution in [1.82, 2.24) is 14.8 Å². The highest BCUT2D eigenvalue weighted by Crippen LogP contribution is 2.27. The van der Waals surface area contributed by atoms with Gasteiger partial charge in [0.05, 0.1) is 16.5 Å². The number of nitrogens with one attached hydrogen (secondary N) is 1.